The molecule has 0 atom stereocenters. The Labute approximate surface area is 103 Å². The van der Waals surface area contributed by atoms with Crippen molar-refractivity contribution in [1.29, 1.82) is 0 Å². The molecule has 0 fully saturated rings. The number of halogens is 2. The van der Waals surface area contributed by atoms with Gasteiger partial charge in [-0.15, -0.1) is 34.2 Å². The lowest BCUT2D eigenvalue weighted by Crippen LogP contribution is -2.24. The van der Waals surface area contributed by atoms with Gasteiger partial charge in [0.2, 0.25) is 5.91 Å². The van der Waals surface area contributed by atoms with Crippen molar-refractivity contribution in [1.82, 2.24) is 19.9 Å². The molecule has 0 aromatic carbocycles. The van der Waals surface area contributed by atoms with E-state index in [4.69, 9.17) is 11.6 Å². The third kappa shape index (κ3) is 2.62. The second-order valence-electron chi connectivity index (χ2n) is 2.96. The van der Waals surface area contributed by atoms with Gasteiger partial charge in [-0.05, 0) is 12.1 Å². The maximum atomic E-state index is 10.9. The van der Waals surface area contributed by atoms with Crippen molar-refractivity contribution in [2.75, 3.05) is 5.88 Å². The molecule has 86 valence electrons. The Morgan fingerprint density at radius 2 is 2.25 bits per heavy atom. The van der Waals surface area contributed by atoms with Crippen LogP contribution < -0.4 is 5.32 Å². The molecule has 2 heterocycles. The number of hydrogen-bond acceptors (Lipinski definition) is 3. The van der Waals surface area contributed by atoms with Gasteiger partial charge in [-0.2, -0.15) is 0 Å². The molecule has 16 heavy (non-hydrogen) atoms. The minimum atomic E-state index is -0.218. The molecule has 0 aliphatic carbocycles. The van der Waals surface area contributed by atoms with Gasteiger partial charge in [0.1, 0.15) is 5.88 Å². The molecule has 2 aromatic rings. The first-order chi connectivity index (χ1) is 7.31. The normalized spacial score (nSPS) is 9.81. The summed E-state index contributed by atoms with van der Waals surface area (Å²) < 4.78 is 1.81. The third-order valence-electron chi connectivity index (χ3n) is 1.95. The second kappa shape index (κ2) is 5.67. The van der Waals surface area contributed by atoms with Gasteiger partial charge in [-0.25, -0.2) is 0 Å². The molecular formula is C9H10Cl2N4O. The zero-order valence-electron chi connectivity index (χ0n) is 8.26. The first kappa shape index (κ1) is 12.7. The van der Waals surface area contributed by atoms with Crippen molar-refractivity contribution in [3.63, 3.8) is 0 Å². The summed E-state index contributed by atoms with van der Waals surface area (Å²) in [6.45, 7) is 0.330. The molecule has 5 nitrogen and oxygen atoms in total. The fourth-order valence-electron chi connectivity index (χ4n) is 1.24. The fraction of sp³-hybridized carbons (Fsp3) is 0.222. The molecule has 0 saturated carbocycles. The van der Waals surface area contributed by atoms with Crippen LogP contribution in [0.15, 0.2) is 24.4 Å². The number of nitrogens with zero attached hydrogens (tertiary/aromatic N) is 3. The summed E-state index contributed by atoms with van der Waals surface area (Å²) in [7, 11) is 0. The molecule has 2 rings (SSSR count). The lowest BCUT2D eigenvalue weighted by molar-refractivity contribution is -0.118. The predicted molar refractivity (Wildman–Crippen MR) is 62.8 cm³/mol. The molecule has 0 spiro atoms. The van der Waals surface area contributed by atoms with Crippen LogP contribution in [0.4, 0.5) is 0 Å². The molecular weight excluding hydrogens is 251 g/mol. The number of rotatable bonds is 3. The average Bonchev–Trinajstić information content (AvgIpc) is 2.69. The van der Waals surface area contributed by atoms with Gasteiger partial charge in [0, 0.05) is 6.20 Å². The number of fused-ring (bicyclic) bond motifs is 1. The SMILES string of the molecule is Cl.O=C(CCl)NCc1nnc2ccccn12. The van der Waals surface area contributed by atoms with E-state index in [0.29, 0.717) is 12.4 Å². The lowest BCUT2D eigenvalue weighted by Gasteiger charge is -2.00. The van der Waals surface area contributed by atoms with E-state index in [-0.39, 0.29) is 24.2 Å². The Hall–Kier alpha value is -1.33. The van der Waals surface area contributed by atoms with Crippen molar-refractivity contribution in [3.8, 4) is 0 Å². The summed E-state index contributed by atoms with van der Waals surface area (Å²) in [5.41, 5.74) is 0.757. The van der Waals surface area contributed by atoms with Crippen molar-refractivity contribution in [2.45, 2.75) is 6.54 Å². The summed E-state index contributed by atoms with van der Waals surface area (Å²) >= 11 is 5.36. The first-order valence-corrected chi connectivity index (χ1v) is 4.96. The summed E-state index contributed by atoms with van der Waals surface area (Å²) in [5, 5.41) is 10.5. The number of pyridine rings is 1. The maximum absolute atomic E-state index is 10.9. The van der Waals surface area contributed by atoms with E-state index in [1.807, 2.05) is 28.8 Å². The smallest absolute Gasteiger partial charge is 0.235 e. The van der Waals surface area contributed by atoms with Crippen molar-refractivity contribution in [2.24, 2.45) is 0 Å². The molecule has 0 aliphatic rings. The quantitative estimate of drug-likeness (QED) is 0.839. The largest absolute Gasteiger partial charge is 0.348 e. The molecule has 0 saturated heterocycles. The van der Waals surface area contributed by atoms with Crippen LogP contribution >= 0.6 is 24.0 Å². The highest BCUT2D eigenvalue weighted by atomic mass is 35.5. The van der Waals surface area contributed by atoms with E-state index >= 15 is 0 Å². The van der Waals surface area contributed by atoms with Crippen LogP contribution in [0.2, 0.25) is 0 Å². The Morgan fingerprint density at radius 1 is 1.44 bits per heavy atom. The van der Waals surface area contributed by atoms with Crippen LogP contribution in [-0.4, -0.2) is 26.4 Å². The highest BCUT2D eigenvalue weighted by Crippen LogP contribution is 2.01. The second-order valence-corrected chi connectivity index (χ2v) is 3.22. The molecule has 1 amide bonds. The summed E-state index contributed by atoms with van der Waals surface area (Å²) in [6, 6.07) is 5.61. The molecule has 0 unspecified atom stereocenters. The predicted octanol–water partition coefficient (Wildman–Crippen LogP) is 1.01. The number of nitrogens with one attached hydrogen (secondary N) is 1. The Bertz CT molecular complexity index is 485. The maximum Gasteiger partial charge on any atom is 0.235 e. The number of carbonyl (C=O) groups excluding carboxylic acids is 1. The molecule has 1 N–H and O–H groups in total. The van der Waals surface area contributed by atoms with Gasteiger partial charge < -0.3 is 5.32 Å². The van der Waals surface area contributed by atoms with Crippen molar-refractivity contribution in [3.05, 3.63) is 30.2 Å². The highest BCUT2D eigenvalue weighted by molar-refractivity contribution is 6.27. The van der Waals surface area contributed by atoms with Crippen LogP contribution in [0, 0.1) is 0 Å². The van der Waals surface area contributed by atoms with Crippen LogP contribution in [0.1, 0.15) is 5.82 Å². The average molecular weight is 261 g/mol. The minimum absolute atomic E-state index is 0. The van der Waals surface area contributed by atoms with Crippen molar-refractivity contribution < 1.29 is 4.79 Å². The number of amides is 1. The Kier molecular flexibility index (Phi) is 4.52. The number of alkyl halides is 1. The molecule has 0 bridgehead atoms. The highest BCUT2D eigenvalue weighted by Gasteiger charge is 2.05. The van der Waals surface area contributed by atoms with Crippen molar-refractivity contribution >= 4 is 35.6 Å². The topological polar surface area (TPSA) is 59.3 Å². The van der Waals surface area contributed by atoms with Gasteiger partial charge >= 0.3 is 0 Å². The lowest BCUT2D eigenvalue weighted by atomic mass is 10.4. The van der Waals surface area contributed by atoms with E-state index in [9.17, 15) is 4.79 Å². The summed E-state index contributed by atoms with van der Waals surface area (Å²) in [5.74, 6) is 0.421. The van der Waals surface area contributed by atoms with Gasteiger partial charge in [-0.1, -0.05) is 6.07 Å². The van der Waals surface area contributed by atoms with Crippen LogP contribution in [0.3, 0.4) is 0 Å². The van der Waals surface area contributed by atoms with Gasteiger partial charge in [-0.3, -0.25) is 9.20 Å². The Morgan fingerprint density at radius 3 is 3.00 bits per heavy atom. The number of aromatic nitrogens is 3. The standard InChI is InChI=1S/C9H9ClN4O.ClH/c10-5-9(15)11-6-8-13-12-7-3-1-2-4-14(7)8;/h1-4H,5-6H2,(H,11,15);1H. The van der Waals surface area contributed by atoms with E-state index < -0.39 is 0 Å². The van der Waals surface area contributed by atoms with E-state index in [2.05, 4.69) is 15.5 Å². The fourth-order valence-corrected chi connectivity index (χ4v) is 1.33. The van der Waals surface area contributed by atoms with E-state index in [1.165, 1.54) is 0 Å². The van der Waals surface area contributed by atoms with E-state index in [0.717, 1.165) is 5.65 Å². The van der Waals surface area contributed by atoms with Crippen LogP contribution in [0.25, 0.3) is 5.65 Å². The van der Waals surface area contributed by atoms with Gasteiger partial charge in [0.25, 0.3) is 0 Å². The van der Waals surface area contributed by atoms with E-state index in [1.54, 1.807) is 0 Å². The number of hydrogen-bond donors (Lipinski definition) is 1. The minimum Gasteiger partial charge on any atom is -0.348 e. The van der Waals surface area contributed by atoms with Crippen LogP contribution in [0.5, 0.6) is 0 Å². The van der Waals surface area contributed by atoms with Crippen LogP contribution in [-0.2, 0) is 11.3 Å². The van der Waals surface area contributed by atoms with Gasteiger partial charge in [0.15, 0.2) is 11.5 Å². The monoisotopic (exact) mass is 260 g/mol. The number of carbonyl (C=O) groups is 1. The summed E-state index contributed by atoms with van der Waals surface area (Å²) in [4.78, 5) is 10.9. The summed E-state index contributed by atoms with van der Waals surface area (Å²) in [6.07, 6.45) is 1.84. The molecule has 0 radical (unpaired) electrons. The molecule has 0 aliphatic heterocycles. The molecule has 2 aromatic heterocycles. The zero-order chi connectivity index (χ0) is 10.7. The zero-order valence-corrected chi connectivity index (χ0v) is 9.83. The first-order valence-electron chi connectivity index (χ1n) is 4.42. The third-order valence-corrected chi connectivity index (χ3v) is 2.19. The Balaban J connectivity index is 0.00000128. The molecule has 7 heteroatoms. The van der Waals surface area contributed by atoms with Gasteiger partial charge in [0.05, 0.1) is 6.54 Å².